The van der Waals surface area contributed by atoms with E-state index in [-0.39, 0.29) is 24.4 Å². The third kappa shape index (κ3) is 6.82. The number of aromatic hydroxyl groups is 2. The van der Waals surface area contributed by atoms with E-state index in [1.165, 1.54) is 54.6 Å². The highest BCUT2D eigenvalue weighted by molar-refractivity contribution is 5.87. The smallest absolute Gasteiger partial charge is 0.416 e. The minimum Gasteiger partial charge on any atom is -0.494 e. The topological polar surface area (TPSA) is 68.9 Å². The van der Waals surface area contributed by atoms with Gasteiger partial charge in [-0.3, -0.25) is 9.36 Å². The van der Waals surface area contributed by atoms with E-state index < -0.39 is 58.1 Å². The number of alkyl halides is 6. The van der Waals surface area contributed by atoms with Gasteiger partial charge in [-0.15, -0.1) is 0 Å². The molecule has 44 heavy (non-hydrogen) atoms. The van der Waals surface area contributed by atoms with Gasteiger partial charge in [-0.2, -0.15) is 26.3 Å². The van der Waals surface area contributed by atoms with Crippen LogP contribution in [0.3, 0.4) is 0 Å². The number of benzene rings is 2. The SMILES string of the molecule is Cc1cc(F)ccc1[C@H]1CN(CCn2c(O)ccc2O)CC[C@@H]1N(C)C(=O)C(C)(C)c1cc(C(F)(F)F)cc(C(F)(F)F)c1. The van der Waals surface area contributed by atoms with Gasteiger partial charge in [-0.25, -0.2) is 4.39 Å². The van der Waals surface area contributed by atoms with Crippen molar-refractivity contribution in [3.05, 3.63) is 82.2 Å². The van der Waals surface area contributed by atoms with Gasteiger partial charge in [-0.1, -0.05) is 6.07 Å². The molecule has 0 unspecified atom stereocenters. The van der Waals surface area contributed by atoms with Crippen LogP contribution in [0.4, 0.5) is 30.7 Å². The Hall–Kier alpha value is -3.74. The lowest BCUT2D eigenvalue weighted by molar-refractivity contribution is -0.144. The molecule has 2 aromatic carbocycles. The molecule has 0 radical (unpaired) electrons. The maximum atomic E-state index is 14.0. The third-order valence-corrected chi connectivity index (χ3v) is 8.53. The van der Waals surface area contributed by atoms with Crippen molar-refractivity contribution in [3.63, 3.8) is 0 Å². The van der Waals surface area contributed by atoms with Crippen molar-refractivity contribution < 1.29 is 45.7 Å². The molecule has 1 aliphatic rings. The van der Waals surface area contributed by atoms with Crippen LogP contribution in [0.5, 0.6) is 11.8 Å². The lowest BCUT2D eigenvalue weighted by Gasteiger charge is -2.45. The summed E-state index contributed by atoms with van der Waals surface area (Å²) in [6.45, 7) is 5.81. The molecule has 0 bridgehead atoms. The number of halogens is 7. The highest BCUT2D eigenvalue weighted by Crippen LogP contribution is 2.41. The van der Waals surface area contributed by atoms with Crippen molar-refractivity contribution in [2.45, 2.75) is 63.5 Å². The lowest BCUT2D eigenvalue weighted by Crippen LogP contribution is -2.54. The van der Waals surface area contributed by atoms with Crippen molar-refractivity contribution in [2.75, 3.05) is 26.7 Å². The van der Waals surface area contributed by atoms with Crippen molar-refractivity contribution in [1.29, 1.82) is 0 Å². The first-order chi connectivity index (χ1) is 20.3. The molecular formula is C31H34F7N3O3. The number of likely N-dealkylation sites (N-methyl/N-ethyl adjacent to an activating group) is 1. The van der Waals surface area contributed by atoms with Gasteiger partial charge < -0.3 is 20.0 Å². The van der Waals surface area contributed by atoms with E-state index >= 15 is 0 Å². The molecule has 1 aliphatic heterocycles. The lowest BCUT2D eigenvalue weighted by atomic mass is 9.78. The maximum absolute atomic E-state index is 14.0. The highest BCUT2D eigenvalue weighted by Gasteiger charge is 2.43. The Morgan fingerprint density at radius 3 is 1.95 bits per heavy atom. The normalized spacial score (nSPS) is 18.4. The second-order valence-corrected chi connectivity index (χ2v) is 11.8. The van der Waals surface area contributed by atoms with Gasteiger partial charge in [-0.05, 0) is 74.2 Å². The van der Waals surface area contributed by atoms with E-state index in [1.807, 2.05) is 0 Å². The first kappa shape index (κ1) is 33.2. The molecule has 1 saturated heterocycles. The molecule has 6 nitrogen and oxygen atoms in total. The van der Waals surface area contributed by atoms with Gasteiger partial charge in [0.15, 0.2) is 11.8 Å². The van der Waals surface area contributed by atoms with Gasteiger partial charge in [0.2, 0.25) is 5.91 Å². The van der Waals surface area contributed by atoms with Crippen molar-refractivity contribution in [3.8, 4) is 11.8 Å². The standard InChI is InChI=1S/C31H34F7N3O3/c1-18-13-22(32)5-6-23(18)24-17-40(11-12-41-26(42)7-8-27(41)43)10-9-25(24)39(4)28(44)29(2,3)19-14-20(30(33,34)35)16-21(15-19)31(36,37)38/h5-8,13-16,24-25,42-43H,9-12,17H2,1-4H3/t24-,25+/m1/s1. The molecule has 3 aromatic rings. The summed E-state index contributed by atoms with van der Waals surface area (Å²) in [7, 11) is 1.48. The van der Waals surface area contributed by atoms with E-state index in [0.29, 0.717) is 43.8 Å². The van der Waals surface area contributed by atoms with Crippen LogP contribution >= 0.6 is 0 Å². The number of nitrogens with zero attached hydrogens (tertiary/aromatic N) is 3. The largest absolute Gasteiger partial charge is 0.494 e. The van der Waals surface area contributed by atoms with Crippen LogP contribution < -0.4 is 0 Å². The first-order valence-electron chi connectivity index (χ1n) is 13.9. The van der Waals surface area contributed by atoms with Crippen LogP contribution in [-0.4, -0.2) is 63.2 Å². The number of piperidine rings is 1. The second-order valence-electron chi connectivity index (χ2n) is 11.8. The fourth-order valence-corrected chi connectivity index (χ4v) is 5.98. The average molecular weight is 630 g/mol. The Balaban J connectivity index is 1.66. The monoisotopic (exact) mass is 629 g/mol. The van der Waals surface area contributed by atoms with Crippen LogP contribution in [0.15, 0.2) is 48.5 Å². The van der Waals surface area contributed by atoms with Crippen LogP contribution in [-0.2, 0) is 29.1 Å². The summed E-state index contributed by atoms with van der Waals surface area (Å²) in [5.74, 6) is -1.74. The number of aryl methyl sites for hydroxylation is 1. The summed E-state index contributed by atoms with van der Waals surface area (Å²) in [5, 5.41) is 20.0. The number of hydrogen-bond donors (Lipinski definition) is 2. The van der Waals surface area contributed by atoms with Crippen LogP contribution in [0.2, 0.25) is 0 Å². The average Bonchev–Trinajstić information content (AvgIpc) is 3.26. The second kappa shape index (κ2) is 12.0. The molecule has 1 aromatic heterocycles. The number of carbonyl (C=O) groups excluding carboxylic acids is 1. The van der Waals surface area contributed by atoms with Gasteiger partial charge in [0, 0.05) is 57.3 Å². The van der Waals surface area contributed by atoms with Crippen LogP contribution in [0, 0.1) is 12.7 Å². The predicted octanol–water partition coefficient (Wildman–Crippen LogP) is 6.68. The first-order valence-corrected chi connectivity index (χ1v) is 13.9. The van der Waals surface area contributed by atoms with Crippen molar-refractivity contribution in [2.24, 2.45) is 0 Å². The third-order valence-electron chi connectivity index (χ3n) is 8.53. The molecule has 0 saturated carbocycles. The fourth-order valence-electron chi connectivity index (χ4n) is 5.98. The minimum absolute atomic E-state index is 0.0318. The van der Waals surface area contributed by atoms with Gasteiger partial charge in [0.25, 0.3) is 0 Å². The molecule has 13 heteroatoms. The zero-order valence-electron chi connectivity index (χ0n) is 24.6. The zero-order valence-corrected chi connectivity index (χ0v) is 24.6. The molecule has 240 valence electrons. The van der Waals surface area contributed by atoms with E-state index in [0.717, 1.165) is 5.56 Å². The van der Waals surface area contributed by atoms with Gasteiger partial charge >= 0.3 is 12.4 Å². The minimum atomic E-state index is -5.06. The Labute approximate surface area is 250 Å². The van der Waals surface area contributed by atoms with Crippen LogP contribution in [0.25, 0.3) is 0 Å². The van der Waals surface area contributed by atoms with E-state index in [9.17, 15) is 45.7 Å². The van der Waals surface area contributed by atoms with Gasteiger partial charge in [0.05, 0.1) is 16.5 Å². The molecule has 2 heterocycles. The number of hydrogen-bond acceptors (Lipinski definition) is 4. The molecule has 4 rings (SSSR count). The Bertz CT molecular complexity index is 1460. The molecule has 0 aliphatic carbocycles. The molecule has 2 atom stereocenters. The molecule has 1 amide bonds. The quantitative estimate of drug-likeness (QED) is 0.286. The summed E-state index contributed by atoms with van der Waals surface area (Å²) in [6, 6.07) is 7.64. The van der Waals surface area contributed by atoms with Gasteiger partial charge in [0.1, 0.15) is 5.82 Å². The molecule has 1 fully saturated rings. The van der Waals surface area contributed by atoms with E-state index in [4.69, 9.17) is 0 Å². The number of aromatic nitrogens is 1. The Morgan fingerprint density at radius 2 is 1.43 bits per heavy atom. The van der Waals surface area contributed by atoms with E-state index in [1.54, 1.807) is 13.0 Å². The Kier molecular flexibility index (Phi) is 9.03. The molecule has 2 N–H and O–H groups in total. The molecular weight excluding hydrogens is 595 g/mol. The number of likely N-dealkylation sites (tertiary alicyclic amines) is 1. The summed E-state index contributed by atoms with van der Waals surface area (Å²) in [6.07, 6.45) is -9.74. The predicted molar refractivity (Wildman–Crippen MR) is 149 cm³/mol. The number of amides is 1. The number of carbonyl (C=O) groups is 1. The van der Waals surface area contributed by atoms with Crippen molar-refractivity contribution in [1.82, 2.24) is 14.4 Å². The summed E-state index contributed by atoms with van der Waals surface area (Å²) < 4.78 is 96.9. The summed E-state index contributed by atoms with van der Waals surface area (Å²) in [5.41, 5.74) is -3.83. The maximum Gasteiger partial charge on any atom is 0.416 e. The van der Waals surface area contributed by atoms with E-state index in [2.05, 4.69) is 4.90 Å². The highest BCUT2D eigenvalue weighted by atomic mass is 19.4. The zero-order chi connectivity index (χ0) is 32.8. The summed E-state index contributed by atoms with van der Waals surface area (Å²) in [4.78, 5) is 17.4. The number of rotatable bonds is 7. The Morgan fingerprint density at radius 1 is 0.886 bits per heavy atom. The molecule has 0 spiro atoms. The van der Waals surface area contributed by atoms with Crippen molar-refractivity contribution >= 4 is 5.91 Å². The fraction of sp³-hybridized carbons (Fsp3) is 0.452. The summed E-state index contributed by atoms with van der Waals surface area (Å²) >= 11 is 0. The van der Waals surface area contributed by atoms with Crippen LogP contribution in [0.1, 0.15) is 54.0 Å².